The highest BCUT2D eigenvalue weighted by Gasteiger charge is 2.31. The average molecular weight is 274 g/mol. The average Bonchev–Trinajstić information content (AvgIpc) is 3.10. The lowest BCUT2D eigenvalue weighted by Crippen LogP contribution is -2.30. The van der Waals surface area contributed by atoms with Gasteiger partial charge in [0.15, 0.2) is 6.61 Å². The SMILES string of the molecule is Nc1cc(C(F)(F)F)ccc1OCC(=O)NC1CC1. The Morgan fingerprint density at radius 2 is 2.11 bits per heavy atom. The Hall–Kier alpha value is -1.92. The molecule has 1 aromatic rings. The summed E-state index contributed by atoms with van der Waals surface area (Å²) in [4.78, 5) is 11.3. The molecule has 0 aliphatic heterocycles. The van der Waals surface area contributed by atoms with E-state index in [0.717, 1.165) is 31.0 Å². The number of hydrogen-bond donors (Lipinski definition) is 2. The van der Waals surface area contributed by atoms with Crippen LogP contribution in [0.2, 0.25) is 0 Å². The molecule has 3 N–H and O–H groups in total. The van der Waals surface area contributed by atoms with Crippen LogP contribution in [-0.4, -0.2) is 18.6 Å². The second kappa shape index (κ2) is 4.99. The number of rotatable bonds is 4. The molecule has 0 atom stereocenters. The number of nitrogen functional groups attached to an aromatic ring is 1. The Morgan fingerprint density at radius 3 is 2.63 bits per heavy atom. The number of halogens is 3. The van der Waals surface area contributed by atoms with E-state index >= 15 is 0 Å². The molecule has 1 fully saturated rings. The molecule has 1 aliphatic rings. The number of alkyl halides is 3. The summed E-state index contributed by atoms with van der Waals surface area (Å²) >= 11 is 0. The van der Waals surface area contributed by atoms with Crippen LogP contribution < -0.4 is 15.8 Å². The maximum atomic E-state index is 12.4. The second-order valence-corrected chi connectivity index (χ2v) is 4.38. The minimum atomic E-state index is -4.45. The second-order valence-electron chi connectivity index (χ2n) is 4.38. The minimum Gasteiger partial charge on any atom is -0.482 e. The molecule has 7 heteroatoms. The summed E-state index contributed by atoms with van der Waals surface area (Å²) in [6.45, 7) is -0.258. The molecule has 1 aromatic carbocycles. The molecule has 104 valence electrons. The number of anilines is 1. The Bertz CT molecular complexity index is 484. The molecule has 0 spiro atoms. The van der Waals surface area contributed by atoms with Gasteiger partial charge in [-0.1, -0.05) is 0 Å². The van der Waals surface area contributed by atoms with Crippen LogP contribution in [-0.2, 0) is 11.0 Å². The van der Waals surface area contributed by atoms with Crippen LogP contribution >= 0.6 is 0 Å². The van der Waals surface area contributed by atoms with Gasteiger partial charge in [0.1, 0.15) is 5.75 Å². The molecule has 0 unspecified atom stereocenters. The number of nitrogens with two attached hydrogens (primary N) is 1. The first-order valence-corrected chi connectivity index (χ1v) is 5.75. The van der Waals surface area contributed by atoms with Crippen molar-refractivity contribution in [2.75, 3.05) is 12.3 Å². The summed E-state index contributed by atoms with van der Waals surface area (Å²) in [5.74, 6) is -0.235. The number of carbonyl (C=O) groups is 1. The van der Waals surface area contributed by atoms with Gasteiger partial charge in [0.25, 0.3) is 5.91 Å². The summed E-state index contributed by atoms with van der Waals surface area (Å²) in [6.07, 6.45) is -2.54. The first-order valence-electron chi connectivity index (χ1n) is 5.75. The molecular formula is C12H13F3N2O2. The van der Waals surface area contributed by atoms with E-state index in [1.54, 1.807) is 0 Å². The number of nitrogens with one attached hydrogen (secondary N) is 1. The topological polar surface area (TPSA) is 64.3 Å². The Morgan fingerprint density at radius 1 is 1.42 bits per heavy atom. The molecule has 4 nitrogen and oxygen atoms in total. The van der Waals surface area contributed by atoms with Crippen molar-refractivity contribution in [3.05, 3.63) is 23.8 Å². The number of hydrogen-bond acceptors (Lipinski definition) is 3. The maximum Gasteiger partial charge on any atom is 0.416 e. The van der Waals surface area contributed by atoms with Crippen LogP contribution in [0.4, 0.5) is 18.9 Å². The third-order valence-corrected chi connectivity index (χ3v) is 2.64. The smallest absolute Gasteiger partial charge is 0.416 e. The first kappa shape index (κ1) is 13.5. The van der Waals surface area contributed by atoms with Crippen molar-refractivity contribution >= 4 is 11.6 Å². The van der Waals surface area contributed by atoms with Crippen molar-refractivity contribution in [1.29, 1.82) is 0 Å². The van der Waals surface area contributed by atoms with Crippen LogP contribution in [0.1, 0.15) is 18.4 Å². The van der Waals surface area contributed by atoms with Gasteiger partial charge in [-0.2, -0.15) is 13.2 Å². The van der Waals surface area contributed by atoms with Gasteiger partial charge in [-0.05, 0) is 31.0 Å². The molecule has 0 radical (unpaired) electrons. The van der Waals surface area contributed by atoms with Gasteiger partial charge < -0.3 is 15.8 Å². The number of ether oxygens (including phenoxy) is 1. The van der Waals surface area contributed by atoms with E-state index in [2.05, 4.69) is 5.32 Å². The van der Waals surface area contributed by atoms with Crippen LogP contribution in [0.3, 0.4) is 0 Å². The highest BCUT2D eigenvalue weighted by molar-refractivity contribution is 5.78. The van der Waals surface area contributed by atoms with Gasteiger partial charge in [-0.15, -0.1) is 0 Å². The van der Waals surface area contributed by atoms with E-state index in [-0.39, 0.29) is 30.0 Å². The van der Waals surface area contributed by atoms with E-state index in [9.17, 15) is 18.0 Å². The Kier molecular flexibility index (Phi) is 3.55. The lowest BCUT2D eigenvalue weighted by molar-refractivity contribution is -0.137. The fourth-order valence-corrected chi connectivity index (χ4v) is 1.50. The number of amides is 1. The molecule has 1 aliphatic carbocycles. The van der Waals surface area contributed by atoms with Gasteiger partial charge in [0.05, 0.1) is 11.3 Å². The van der Waals surface area contributed by atoms with Crippen LogP contribution in [0.5, 0.6) is 5.75 Å². The molecular weight excluding hydrogens is 261 g/mol. The lowest BCUT2D eigenvalue weighted by Gasteiger charge is -2.12. The molecule has 0 aromatic heterocycles. The zero-order valence-corrected chi connectivity index (χ0v) is 9.96. The highest BCUT2D eigenvalue weighted by Crippen LogP contribution is 2.33. The third-order valence-electron chi connectivity index (χ3n) is 2.64. The van der Waals surface area contributed by atoms with Gasteiger partial charge in [0, 0.05) is 6.04 Å². The van der Waals surface area contributed by atoms with Gasteiger partial charge >= 0.3 is 6.18 Å². The van der Waals surface area contributed by atoms with Crippen molar-refractivity contribution in [2.45, 2.75) is 25.1 Å². The summed E-state index contributed by atoms with van der Waals surface area (Å²) in [5.41, 5.74) is 4.47. The molecule has 0 bridgehead atoms. The van der Waals surface area contributed by atoms with Crippen molar-refractivity contribution in [3.8, 4) is 5.75 Å². The van der Waals surface area contributed by atoms with E-state index in [1.807, 2.05) is 0 Å². The zero-order valence-electron chi connectivity index (χ0n) is 9.96. The third kappa shape index (κ3) is 3.77. The largest absolute Gasteiger partial charge is 0.482 e. The quantitative estimate of drug-likeness (QED) is 0.825. The van der Waals surface area contributed by atoms with Gasteiger partial charge in [-0.3, -0.25) is 4.79 Å². The Balaban J connectivity index is 1.94. The molecule has 0 heterocycles. The number of carbonyl (C=O) groups excluding carboxylic acids is 1. The maximum absolute atomic E-state index is 12.4. The molecule has 0 saturated heterocycles. The minimum absolute atomic E-state index is 0.0685. The van der Waals surface area contributed by atoms with E-state index in [0.29, 0.717) is 0 Å². The zero-order chi connectivity index (χ0) is 14.0. The van der Waals surface area contributed by atoms with Crippen LogP contribution in [0, 0.1) is 0 Å². The molecule has 1 saturated carbocycles. The molecule has 19 heavy (non-hydrogen) atoms. The first-order chi connectivity index (χ1) is 8.86. The monoisotopic (exact) mass is 274 g/mol. The van der Waals surface area contributed by atoms with Crippen molar-refractivity contribution in [3.63, 3.8) is 0 Å². The summed E-state index contributed by atoms with van der Waals surface area (Å²) in [7, 11) is 0. The molecule has 1 amide bonds. The highest BCUT2D eigenvalue weighted by atomic mass is 19.4. The summed E-state index contributed by atoms with van der Waals surface area (Å²) in [6, 6.07) is 2.97. The van der Waals surface area contributed by atoms with Crippen molar-refractivity contribution in [2.24, 2.45) is 0 Å². The van der Waals surface area contributed by atoms with Gasteiger partial charge in [0.2, 0.25) is 0 Å². The van der Waals surface area contributed by atoms with Crippen LogP contribution in [0.25, 0.3) is 0 Å². The predicted octanol–water partition coefficient (Wildman–Crippen LogP) is 1.95. The van der Waals surface area contributed by atoms with Crippen molar-refractivity contribution < 1.29 is 22.7 Å². The molecule has 2 rings (SSSR count). The number of benzene rings is 1. The van der Waals surface area contributed by atoms with Crippen LogP contribution in [0.15, 0.2) is 18.2 Å². The van der Waals surface area contributed by atoms with Crippen molar-refractivity contribution in [1.82, 2.24) is 5.32 Å². The van der Waals surface area contributed by atoms with E-state index in [1.165, 1.54) is 0 Å². The fraction of sp³-hybridized carbons (Fsp3) is 0.417. The summed E-state index contributed by atoms with van der Waals surface area (Å²) in [5, 5.41) is 2.69. The fourth-order valence-electron chi connectivity index (χ4n) is 1.50. The van der Waals surface area contributed by atoms with E-state index in [4.69, 9.17) is 10.5 Å². The standard InChI is InChI=1S/C12H13F3N2O2/c13-12(14,15)7-1-4-10(9(16)5-7)19-6-11(18)17-8-2-3-8/h1,4-5,8H,2-3,6,16H2,(H,17,18). The van der Waals surface area contributed by atoms with Gasteiger partial charge in [-0.25, -0.2) is 0 Å². The Labute approximate surface area is 107 Å². The van der Waals surface area contributed by atoms with E-state index < -0.39 is 11.7 Å². The lowest BCUT2D eigenvalue weighted by atomic mass is 10.2. The predicted molar refractivity (Wildman–Crippen MR) is 62.5 cm³/mol. The summed E-state index contributed by atoms with van der Waals surface area (Å²) < 4.78 is 42.3. The normalized spacial score (nSPS) is 15.1.